The molecular formula is C12H19FN4O2S. The highest BCUT2D eigenvalue weighted by Gasteiger charge is 2.25. The van der Waals surface area contributed by atoms with Crippen LogP contribution in [0.5, 0.6) is 0 Å². The van der Waals surface area contributed by atoms with E-state index in [-0.39, 0.29) is 5.82 Å². The molecule has 0 spiro atoms. The Morgan fingerprint density at radius 2 is 2.00 bits per heavy atom. The summed E-state index contributed by atoms with van der Waals surface area (Å²) in [5.74, 6) is 0.350. The number of halogens is 1. The zero-order chi connectivity index (χ0) is 14.8. The molecular weight excluding hydrogens is 283 g/mol. The van der Waals surface area contributed by atoms with E-state index in [2.05, 4.69) is 10.3 Å². The van der Waals surface area contributed by atoms with Crippen molar-refractivity contribution in [3.8, 4) is 0 Å². The summed E-state index contributed by atoms with van der Waals surface area (Å²) in [6.45, 7) is 2.49. The van der Waals surface area contributed by atoms with Crippen LogP contribution in [0.4, 0.5) is 10.2 Å². The molecule has 20 heavy (non-hydrogen) atoms. The zero-order valence-corrected chi connectivity index (χ0v) is 12.5. The average Bonchev–Trinajstić information content (AvgIpc) is 2.38. The minimum absolute atomic E-state index is 0.367. The molecule has 1 aromatic heterocycles. The summed E-state index contributed by atoms with van der Waals surface area (Å²) in [6.07, 6.45) is 2.41. The van der Waals surface area contributed by atoms with Crippen LogP contribution in [0.25, 0.3) is 0 Å². The molecule has 1 N–H and O–H groups in total. The fourth-order valence-corrected chi connectivity index (χ4v) is 3.14. The fraction of sp³-hybridized carbons (Fsp3) is 0.583. The van der Waals surface area contributed by atoms with Crippen molar-refractivity contribution in [2.45, 2.75) is 6.54 Å². The number of nitrogens with zero attached hydrogens (tertiary/aromatic N) is 3. The van der Waals surface area contributed by atoms with Gasteiger partial charge < -0.3 is 10.2 Å². The fourth-order valence-electron chi connectivity index (χ4n) is 2.31. The van der Waals surface area contributed by atoms with Crippen LogP contribution in [0, 0.1) is 5.82 Å². The molecule has 0 amide bonds. The average molecular weight is 302 g/mol. The first kappa shape index (κ1) is 15.1. The Hall–Kier alpha value is -1.25. The number of hydrogen-bond donors (Lipinski definition) is 1. The number of nitrogens with one attached hydrogen (secondary N) is 1. The van der Waals surface area contributed by atoms with Crippen LogP contribution < -0.4 is 10.2 Å². The molecule has 0 aromatic carbocycles. The Morgan fingerprint density at radius 3 is 2.55 bits per heavy atom. The topological polar surface area (TPSA) is 65.5 Å². The molecule has 6 nitrogen and oxygen atoms in total. The third-order valence-corrected chi connectivity index (χ3v) is 4.59. The maximum atomic E-state index is 13.3. The van der Waals surface area contributed by atoms with Gasteiger partial charge in [-0.2, -0.15) is 4.31 Å². The monoisotopic (exact) mass is 302 g/mol. The number of rotatable bonds is 4. The number of aromatic nitrogens is 1. The van der Waals surface area contributed by atoms with Crippen LogP contribution in [-0.4, -0.2) is 57.2 Å². The second kappa shape index (κ2) is 6.02. The zero-order valence-electron chi connectivity index (χ0n) is 11.6. The third-order valence-electron chi connectivity index (χ3n) is 3.28. The Morgan fingerprint density at radius 1 is 1.35 bits per heavy atom. The molecule has 112 valence electrons. The second-order valence-electron chi connectivity index (χ2n) is 4.82. The lowest BCUT2D eigenvalue weighted by Gasteiger charge is -2.34. The Kier molecular flexibility index (Phi) is 4.56. The van der Waals surface area contributed by atoms with Gasteiger partial charge in [-0.15, -0.1) is 0 Å². The number of anilines is 1. The van der Waals surface area contributed by atoms with Gasteiger partial charge in [0.2, 0.25) is 10.0 Å². The summed E-state index contributed by atoms with van der Waals surface area (Å²) < 4.78 is 37.7. The highest BCUT2D eigenvalue weighted by Crippen LogP contribution is 2.20. The number of piperazine rings is 1. The highest BCUT2D eigenvalue weighted by molar-refractivity contribution is 7.88. The van der Waals surface area contributed by atoms with Crippen LogP contribution in [0.3, 0.4) is 0 Å². The smallest absolute Gasteiger partial charge is 0.211 e. The molecule has 1 fully saturated rings. The first-order valence-electron chi connectivity index (χ1n) is 6.41. The number of pyridine rings is 1. The van der Waals surface area contributed by atoms with Crippen molar-refractivity contribution in [2.24, 2.45) is 0 Å². The lowest BCUT2D eigenvalue weighted by atomic mass is 10.2. The van der Waals surface area contributed by atoms with Gasteiger partial charge in [-0.3, -0.25) is 0 Å². The van der Waals surface area contributed by atoms with E-state index in [0.29, 0.717) is 38.5 Å². The minimum atomic E-state index is -3.14. The summed E-state index contributed by atoms with van der Waals surface area (Å²) in [5.41, 5.74) is 0.778. The Labute approximate surface area is 118 Å². The van der Waals surface area contributed by atoms with Crippen LogP contribution in [0.2, 0.25) is 0 Å². The van der Waals surface area contributed by atoms with E-state index in [0.717, 1.165) is 5.56 Å². The van der Waals surface area contributed by atoms with Crippen molar-refractivity contribution in [2.75, 3.05) is 44.4 Å². The second-order valence-corrected chi connectivity index (χ2v) is 6.80. The third kappa shape index (κ3) is 3.44. The molecule has 1 aromatic rings. The quantitative estimate of drug-likeness (QED) is 0.849. The van der Waals surface area contributed by atoms with Gasteiger partial charge in [0.15, 0.2) is 0 Å². The summed E-state index contributed by atoms with van der Waals surface area (Å²) >= 11 is 0. The predicted octanol–water partition coefficient (Wildman–Crippen LogP) is 0.0217. The highest BCUT2D eigenvalue weighted by atomic mass is 32.2. The summed E-state index contributed by atoms with van der Waals surface area (Å²) in [5, 5.41) is 2.98. The number of sulfonamides is 1. The molecule has 2 heterocycles. The molecule has 0 radical (unpaired) electrons. The van der Waals surface area contributed by atoms with E-state index >= 15 is 0 Å². The van der Waals surface area contributed by atoms with Gasteiger partial charge in [0, 0.05) is 38.3 Å². The van der Waals surface area contributed by atoms with Crippen molar-refractivity contribution in [1.29, 1.82) is 0 Å². The summed E-state index contributed by atoms with van der Waals surface area (Å²) in [7, 11) is -1.36. The maximum absolute atomic E-state index is 13.3. The first-order valence-corrected chi connectivity index (χ1v) is 8.25. The standard InChI is InChI=1S/C12H19FN4O2S/c1-14-8-10-7-11(13)9-15-12(10)16-3-5-17(6-4-16)20(2,18)19/h7,9,14H,3-6,8H2,1-2H3. The van der Waals surface area contributed by atoms with E-state index in [1.807, 2.05) is 4.90 Å². The molecule has 0 unspecified atom stereocenters. The van der Waals surface area contributed by atoms with Crippen molar-refractivity contribution in [1.82, 2.24) is 14.6 Å². The van der Waals surface area contributed by atoms with Crippen LogP contribution in [0.1, 0.15) is 5.56 Å². The van der Waals surface area contributed by atoms with Crippen molar-refractivity contribution in [3.63, 3.8) is 0 Å². The molecule has 0 bridgehead atoms. The van der Waals surface area contributed by atoms with Gasteiger partial charge in [-0.05, 0) is 13.1 Å². The van der Waals surface area contributed by atoms with Gasteiger partial charge in [0.25, 0.3) is 0 Å². The molecule has 0 atom stereocenters. The van der Waals surface area contributed by atoms with E-state index in [9.17, 15) is 12.8 Å². The van der Waals surface area contributed by atoms with E-state index in [4.69, 9.17) is 0 Å². The SMILES string of the molecule is CNCc1cc(F)cnc1N1CCN(S(C)(=O)=O)CC1. The van der Waals surface area contributed by atoms with Crippen LogP contribution >= 0.6 is 0 Å². The molecule has 1 saturated heterocycles. The van der Waals surface area contributed by atoms with E-state index in [1.54, 1.807) is 7.05 Å². The summed E-state index contributed by atoms with van der Waals surface area (Å²) in [4.78, 5) is 6.14. The van der Waals surface area contributed by atoms with E-state index in [1.165, 1.54) is 22.8 Å². The maximum Gasteiger partial charge on any atom is 0.211 e. The normalized spacial score (nSPS) is 17.4. The van der Waals surface area contributed by atoms with Gasteiger partial charge in [0.05, 0.1) is 12.5 Å². The Balaban J connectivity index is 2.14. The molecule has 0 saturated carbocycles. The van der Waals surface area contributed by atoms with Gasteiger partial charge in [-0.1, -0.05) is 0 Å². The van der Waals surface area contributed by atoms with Crippen molar-refractivity contribution < 1.29 is 12.8 Å². The van der Waals surface area contributed by atoms with Gasteiger partial charge in [0.1, 0.15) is 11.6 Å². The molecule has 0 aliphatic carbocycles. The van der Waals surface area contributed by atoms with Gasteiger partial charge >= 0.3 is 0 Å². The predicted molar refractivity (Wildman–Crippen MR) is 75.6 cm³/mol. The minimum Gasteiger partial charge on any atom is -0.354 e. The molecule has 1 aliphatic heterocycles. The molecule has 1 aliphatic rings. The van der Waals surface area contributed by atoms with Crippen molar-refractivity contribution in [3.05, 3.63) is 23.6 Å². The van der Waals surface area contributed by atoms with Crippen LogP contribution in [0.15, 0.2) is 12.3 Å². The van der Waals surface area contributed by atoms with Gasteiger partial charge in [-0.25, -0.2) is 17.8 Å². The van der Waals surface area contributed by atoms with Crippen molar-refractivity contribution >= 4 is 15.8 Å². The van der Waals surface area contributed by atoms with E-state index < -0.39 is 10.0 Å². The number of hydrogen-bond acceptors (Lipinski definition) is 5. The Bertz CT molecular complexity index is 571. The molecule has 2 rings (SSSR count). The summed E-state index contributed by atoms with van der Waals surface area (Å²) in [6, 6.07) is 1.46. The molecule has 8 heteroatoms. The lowest BCUT2D eigenvalue weighted by Crippen LogP contribution is -2.48. The lowest BCUT2D eigenvalue weighted by molar-refractivity contribution is 0.386. The van der Waals surface area contributed by atoms with Crippen LogP contribution in [-0.2, 0) is 16.6 Å². The largest absolute Gasteiger partial charge is 0.354 e. The first-order chi connectivity index (χ1) is 9.41.